The number of carboxylic acids is 1. The fourth-order valence-corrected chi connectivity index (χ4v) is 4.33. The molecule has 0 aliphatic carbocycles. The number of pyridine rings is 1. The van der Waals surface area contributed by atoms with Crippen LogP contribution >= 0.6 is 11.6 Å². The normalized spacial score (nSPS) is 13.8. The number of nitrogens with one attached hydrogen (secondary N) is 1. The molecule has 2 aromatic heterocycles. The second-order valence-electron chi connectivity index (χ2n) is 8.89. The summed E-state index contributed by atoms with van der Waals surface area (Å²) in [5, 5.41) is 12.0. The van der Waals surface area contributed by atoms with E-state index in [4.69, 9.17) is 26.5 Å². The topological polar surface area (TPSA) is 91.2 Å². The van der Waals surface area contributed by atoms with E-state index in [2.05, 4.69) is 33.2 Å². The number of benzene rings is 2. The summed E-state index contributed by atoms with van der Waals surface area (Å²) in [6.07, 6.45) is -3.24. The molecule has 1 unspecified atom stereocenters. The Balaban J connectivity index is 0.000000448. The zero-order valence-corrected chi connectivity index (χ0v) is 21.7. The fourth-order valence-electron chi connectivity index (χ4n) is 4.20. The maximum atomic E-state index is 14.0. The predicted molar refractivity (Wildman–Crippen MR) is 141 cm³/mol. The van der Waals surface area contributed by atoms with E-state index >= 15 is 0 Å². The second kappa shape index (κ2) is 11.4. The number of aromatic nitrogens is 3. The minimum atomic E-state index is -5.08. The second-order valence-corrected chi connectivity index (χ2v) is 9.33. The summed E-state index contributed by atoms with van der Waals surface area (Å²) in [5.74, 6) is -1.65. The molecule has 0 spiro atoms. The van der Waals surface area contributed by atoms with E-state index < -0.39 is 12.1 Å². The average Bonchev–Trinajstić information content (AvgIpc) is 2.89. The molecule has 3 heterocycles. The Labute approximate surface area is 226 Å². The number of aryl methyl sites for hydroxylation is 2. The van der Waals surface area contributed by atoms with Gasteiger partial charge in [0.05, 0.1) is 28.6 Å². The average molecular weight is 562 g/mol. The Kier molecular flexibility index (Phi) is 8.19. The maximum absolute atomic E-state index is 14.0. The summed E-state index contributed by atoms with van der Waals surface area (Å²) in [6.45, 7) is 4.76. The third-order valence-corrected chi connectivity index (χ3v) is 6.23. The molecule has 0 fully saturated rings. The lowest BCUT2D eigenvalue weighted by Gasteiger charge is -2.31. The van der Waals surface area contributed by atoms with Gasteiger partial charge in [-0.05, 0) is 81.3 Å². The van der Waals surface area contributed by atoms with Crippen molar-refractivity contribution in [3.05, 3.63) is 82.6 Å². The molecule has 1 aliphatic heterocycles. The first-order valence-corrected chi connectivity index (χ1v) is 12.3. The number of alkyl halides is 3. The van der Waals surface area contributed by atoms with E-state index in [0.717, 1.165) is 53.5 Å². The molecule has 204 valence electrons. The van der Waals surface area contributed by atoms with E-state index in [1.54, 1.807) is 6.07 Å². The van der Waals surface area contributed by atoms with Crippen molar-refractivity contribution in [3.8, 4) is 0 Å². The summed E-state index contributed by atoms with van der Waals surface area (Å²) in [7, 11) is 0. The summed E-state index contributed by atoms with van der Waals surface area (Å²) >= 11 is 5.99. The molecular weight excluding hydrogens is 538 g/mol. The molecule has 0 radical (unpaired) electrons. The van der Waals surface area contributed by atoms with E-state index in [1.165, 1.54) is 12.1 Å². The van der Waals surface area contributed by atoms with Crippen molar-refractivity contribution in [2.75, 3.05) is 16.8 Å². The van der Waals surface area contributed by atoms with Crippen LogP contribution in [-0.4, -0.2) is 38.7 Å². The van der Waals surface area contributed by atoms with Crippen molar-refractivity contribution in [2.24, 2.45) is 0 Å². The van der Waals surface area contributed by atoms with Crippen LogP contribution < -0.4 is 10.2 Å². The van der Waals surface area contributed by atoms with Gasteiger partial charge in [-0.3, -0.25) is 4.98 Å². The van der Waals surface area contributed by atoms with E-state index in [1.807, 2.05) is 37.3 Å². The van der Waals surface area contributed by atoms with Gasteiger partial charge in [0.2, 0.25) is 0 Å². The van der Waals surface area contributed by atoms with Gasteiger partial charge in [0.25, 0.3) is 0 Å². The zero-order valence-electron chi connectivity index (χ0n) is 20.9. The molecule has 0 saturated heterocycles. The summed E-state index contributed by atoms with van der Waals surface area (Å²) in [4.78, 5) is 25.2. The number of carboxylic acid groups (broad SMARTS) is 1. The molecule has 4 aromatic rings. The highest BCUT2D eigenvalue weighted by Gasteiger charge is 2.38. The third-order valence-electron chi connectivity index (χ3n) is 5.98. The van der Waals surface area contributed by atoms with Crippen molar-refractivity contribution < 1.29 is 27.5 Å². The minimum Gasteiger partial charge on any atom is -0.475 e. The number of halogens is 5. The standard InChI is InChI=1S/C25H23ClFN5.C2HF3O2/c1-15(28-19-8-5-17(26)6-9-19)21-11-12-24-23(31-21)4-3-13-32(24)25-20-14-18(27)7-10-22(20)29-16(2)30-25;3-2(4,5)1(6)7/h5-12,14-15,28H,3-4,13H2,1-2H3;(H,6,7). The van der Waals surface area contributed by atoms with E-state index in [-0.39, 0.29) is 11.9 Å². The number of carbonyl (C=O) groups is 1. The Hall–Kier alpha value is -3.99. The molecule has 1 atom stereocenters. The van der Waals surface area contributed by atoms with Crippen LogP contribution in [0.5, 0.6) is 0 Å². The van der Waals surface area contributed by atoms with Crippen LogP contribution in [0.25, 0.3) is 10.9 Å². The van der Waals surface area contributed by atoms with Gasteiger partial charge in [-0.25, -0.2) is 19.2 Å². The molecule has 12 heteroatoms. The van der Waals surface area contributed by atoms with Crippen molar-refractivity contribution in [3.63, 3.8) is 0 Å². The van der Waals surface area contributed by atoms with Gasteiger partial charge in [0.1, 0.15) is 17.5 Å². The molecule has 5 rings (SSSR count). The molecule has 0 amide bonds. The van der Waals surface area contributed by atoms with Crippen molar-refractivity contribution >= 4 is 45.7 Å². The number of hydrogen-bond acceptors (Lipinski definition) is 6. The molecule has 0 bridgehead atoms. The number of rotatable bonds is 4. The minimum absolute atomic E-state index is 0.0353. The highest BCUT2D eigenvalue weighted by Crippen LogP contribution is 2.36. The lowest BCUT2D eigenvalue weighted by molar-refractivity contribution is -0.192. The molecular formula is C27H24ClF4N5O2. The highest BCUT2D eigenvalue weighted by atomic mass is 35.5. The van der Waals surface area contributed by atoms with Gasteiger partial charge < -0.3 is 15.3 Å². The summed E-state index contributed by atoms with van der Waals surface area (Å²) in [5.41, 5.74) is 4.75. The van der Waals surface area contributed by atoms with Gasteiger partial charge in [-0.2, -0.15) is 13.2 Å². The van der Waals surface area contributed by atoms with Gasteiger partial charge in [0.15, 0.2) is 0 Å². The molecule has 1 aliphatic rings. The zero-order chi connectivity index (χ0) is 28.3. The van der Waals surface area contributed by atoms with Crippen molar-refractivity contribution in [2.45, 2.75) is 38.9 Å². The van der Waals surface area contributed by atoms with Crippen molar-refractivity contribution in [1.82, 2.24) is 15.0 Å². The Bertz CT molecular complexity index is 1500. The number of nitrogens with zero attached hydrogens (tertiary/aromatic N) is 4. The fraction of sp³-hybridized carbons (Fsp3) is 0.259. The van der Waals surface area contributed by atoms with Crippen LogP contribution in [0.15, 0.2) is 54.6 Å². The van der Waals surface area contributed by atoms with Gasteiger partial charge in [-0.1, -0.05) is 11.6 Å². The number of anilines is 3. The highest BCUT2D eigenvalue weighted by molar-refractivity contribution is 6.30. The first kappa shape index (κ1) is 28.0. The van der Waals surface area contributed by atoms with Crippen LogP contribution in [0.4, 0.5) is 34.8 Å². The van der Waals surface area contributed by atoms with Gasteiger partial charge in [0, 0.05) is 22.6 Å². The summed E-state index contributed by atoms with van der Waals surface area (Å²) < 4.78 is 45.8. The van der Waals surface area contributed by atoms with Gasteiger partial charge in [-0.15, -0.1) is 0 Å². The van der Waals surface area contributed by atoms with Crippen molar-refractivity contribution in [1.29, 1.82) is 0 Å². The lowest BCUT2D eigenvalue weighted by atomic mass is 10.0. The molecule has 39 heavy (non-hydrogen) atoms. The quantitative estimate of drug-likeness (QED) is 0.259. The maximum Gasteiger partial charge on any atom is 0.490 e. The van der Waals surface area contributed by atoms with Crippen LogP contribution in [0.1, 0.15) is 36.6 Å². The molecule has 7 nitrogen and oxygen atoms in total. The monoisotopic (exact) mass is 561 g/mol. The van der Waals surface area contributed by atoms with Gasteiger partial charge >= 0.3 is 12.1 Å². The third kappa shape index (κ3) is 6.72. The SMILES string of the molecule is Cc1nc(N2CCCc3nc(C(C)Nc4ccc(Cl)cc4)ccc32)c2cc(F)ccc2n1.O=C(O)C(F)(F)F. The van der Waals surface area contributed by atoms with Crippen LogP contribution in [0.2, 0.25) is 5.02 Å². The smallest absolute Gasteiger partial charge is 0.475 e. The Morgan fingerprint density at radius 2 is 1.77 bits per heavy atom. The molecule has 2 N–H and O–H groups in total. The van der Waals surface area contributed by atoms with Crippen LogP contribution in [0.3, 0.4) is 0 Å². The largest absolute Gasteiger partial charge is 0.490 e. The number of fused-ring (bicyclic) bond motifs is 2. The van der Waals surface area contributed by atoms with Crippen LogP contribution in [0, 0.1) is 12.7 Å². The first-order valence-electron chi connectivity index (χ1n) is 12.0. The van der Waals surface area contributed by atoms with E-state index in [9.17, 15) is 17.6 Å². The first-order chi connectivity index (χ1) is 18.4. The Morgan fingerprint density at radius 1 is 1.08 bits per heavy atom. The number of hydrogen-bond donors (Lipinski definition) is 2. The lowest BCUT2D eigenvalue weighted by Crippen LogP contribution is -2.27. The van der Waals surface area contributed by atoms with Crippen LogP contribution in [-0.2, 0) is 11.2 Å². The summed E-state index contributed by atoms with van der Waals surface area (Å²) in [6, 6.07) is 16.5. The molecule has 2 aromatic carbocycles. The predicted octanol–water partition coefficient (Wildman–Crippen LogP) is 7.02. The number of aliphatic carboxylic acids is 1. The van der Waals surface area contributed by atoms with E-state index in [0.29, 0.717) is 16.2 Å². The Morgan fingerprint density at radius 3 is 2.44 bits per heavy atom. The molecule has 0 saturated carbocycles.